The normalized spacial score (nSPS) is 11.4. The van der Waals surface area contributed by atoms with Crippen LogP contribution in [0.25, 0.3) is 33.3 Å². The molecule has 2 heteroatoms. The van der Waals surface area contributed by atoms with Gasteiger partial charge >= 0.3 is 0 Å². The maximum atomic E-state index is 8.76. The van der Waals surface area contributed by atoms with Crippen molar-refractivity contribution in [1.82, 2.24) is 9.97 Å². The van der Waals surface area contributed by atoms with Crippen molar-refractivity contribution >= 4 is 10.9 Å². The molecule has 0 saturated carbocycles. The predicted octanol–water partition coefficient (Wildman–Crippen LogP) is 5.27. The van der Waals surface area contributed by atoms with Gasteiger partial charge in [0.15, 0.2) is 0 Å². The molecule has 0 aliphatic heterocycles. The third kappa shape index (κ3) is 2.59. The summed E-state index contributed by atoms with van der Waals surface area (Å²) in [6.45, 7) is 1.89. The number of rotatable bonds is 2. The Hall–Kier alpha value is -3.00. The molecule has 0 unspecified atom stereocenters. The molecule has 0 aliphatic rings. The van der Waals surface area contributed by atoms with Crippen LogP contribution in [0.5, 0.6) is 0 Å². The van der Waals surface area contributed by atoms with E-state index >= 15 is 0 Å². The molecule has 23 heavy (non-hydrogen) atoms. The number of benzene rings is 3. The molecule has 4 aromatic rings. The van der Waals surface area contributed by atoms with Crippen molar-refractivity contribution in [1.29, 1.82) is 0 Å². The summed E-state index contributed by atoms with van der Waals surface area (Å²) < 4.78 is 8.76. The summed E-state index contributed by atoms with van der Waals surface area (Å²) in [6, 6.07) is 24.4. The van der Waals surface area contributed by atoms with E-state index in [1.807, 2.05) is 79.7 Å². The van der Waals surface area contributed by atoms with Crippen LogP contribution in [0, 0.1) is 6.92 Å². The Bertz CT molecular complexity index is 1010. The minimum atomic E-state index is 0.470. The molecule has 0 saturated heterocycles. The molecule has 1 aromatic heterocycles. The highest BCUT2D eigenvalue weighted by Crippen LogP contribution is 2.30. The van der Waals surface area contributed by atoms with Gasteiger partial charge in [-0.1, -0.05) is 66.7 Å². The summed E-state index contributed by atoms with van der Waals surface area (Å²) in [6.07, 6.45) is 0. The zero-order valence-electron chi connectivity index (χ0n) is 13.8. The van der Waals surface area contributed by atoms with Crippen LogP contribution in [-0.2, 0) is 0 Å². The van der Waals surface area contributed by atoms with Gasteiger partial charge in [0.25, 0.3) is 0 Å². The molecule has 0 N–H and O–H groups in total. The van der Waals surface area contributed by atoms with E-state index in [-0.39, 0.29) is 0 Å². The Morgan fingerprint density at radius 3 is 2.04 bits per heavy atom. The number of aryl methyl sites for hydroxylation is 1. The molecular weight excluding hydrogens is 280 g/mol. The largest absolute Gasteiger partial charge is 0.233 e. The lowest BCUT2D eigenvalue weighted by atomic mass is 10.0. The van der Waals surface area contributed by atoms with Crippen LogP contribution < -0.4 is 0 Å². The van der Waals surface area contributed by atoms with Crippen molar-refractivity contribution in [3.05, 3.63) is 84.7 Å². The minimum Gasteiger partial charge on any atom is -0.233 e. The molecule has 0 spiro atoms. The van der Waals surface area contributed by atoms with Crippen molar-refractivity contribution in [3.63, 3.8) is 0 Å². The van der Waals surface area contributed by atoms with E-state index in [1.165, 1.54) is 0 Å². The SMILES string of the molecule is [2H]c1c(-c2ccccc2)ccc2nc(C)nc(-c3ccccc3)c12. The molecule has 0 amide bonds. The Morgan fingerprint density at radius 2 is 1.35 bits per heavy atom. The maximum Gasteiger partial charge on any atom is 0.126 e. The second-order valence-corrected chi connectivity index (χ2v) is 5.48. The summed E-state index contributed by atoms with van der Waals surface area (Å²) in [5.74, 6) is 0.716. The predicted molar refractivity (Wildman–Crippen MR) is 95.1 cm³/mol. The molecule has 110 valence electrons. The molecule has 0 fully saturated rings. The Balaban J connectivity index is 2.06. The highest BCUT2D eigenvalue weighted by molar-refractivity contribution is 5.95. The van der Waals surface area contributed by atoms with E-state index in [0.717, 1.165) is 33.3 Å². The third-order valence-electron chi connectivity index (χ3n) is 3.85. The molecule has 3 aromatic carbocycles. The number of hydrogen-bond donors (Lipinski definition) is 0. The first-order valence-electron chi connectivity index (χ1n) is 8.13. The van der Waals surface area contributed by atoms with Gasteiger partial charge in [-0.25, -0.2) is 9.97 Å². The Morgan fingerprint density at radius 1 is 0.696 bits per heavy atom. The first-order valence-corrected chi connectivity index (χ1v) is 7.63. The van der Waals surface area contributed by atoms with E-state index in [9.17, 15) is 0 Å². The van der Waals surface area contributed by atoms with Crippen LogP contribution in [0.2, 0.25) is 0 Å². The van der Waals surface area contributed by atoms with Crippen molar-refractivity contribution in [2.24, 2.45) is 0 Å². The van der Waals surface area contributed by atoms with Gasteiger partial charge in [-0.3, -0.25) is 0 Å². The minimum absolute atomic E-state index is 0.470. The molecule has 0 aliphatic carbocycles. The van der Waals surface area contributed by atoms with Crippen molar-refractivity contribution in [3.8, 4) is 22.4 Å². The first kappa shape index (κ1) is 12.5. The average molecular weight is 297 g/mol. The van der Waals surface area contributed by atoms with Crippen LogP contribution in [0.15, 0.2) is 78.8 Å². The summed E-state index contributed by atoms with van der Waals surface area (Å²) in [5.41, 5.74) is 4.57. The van der Waals surface area contributed by atoms with Crippen molar-refractivity contribution in [2.45, 2.75) is 6.92 Å². The Kier molecular flexibility index (Phi) is 3.08. The molecule has 4 rings (SSSR count). The first-order chi connectivity index (χ1) is 11.7. The fraction of sp³-hybridized carbons (Fsp3) is 0.0476. The lowest BCUT2D eigenvalue weighted by molar-refractivity contribution is 1.10. The number of nitrogens with zero attached hydrogens (tertiary/aromatic N) is 2. The maximum absolute atomic E-state index is 8.76. The van der Waals surface area contributed by atoms with E-state index in [0.29, 0.717) is 11.9 Å². The molecule has 0 atom stereocenters. The van der Waals surface area contributed by atoms with Crippen molar-refractivity contribution < 1.29 is 1.37 Å². The third-order valence-corrected chi connectivity index (χ3v) is 3.85. The highest BCUT2D eigenvalue weighted by Gasteiger charge is 2.09. The fourth-order valence-electron chi connectivity index (χ4n) is 2.77. The van der Waals surface area contributed by atoms with Gasteiger partial charge in [-0.05, 0) is 30.2 Å². The number of aromatic nitrogens is 2. The topological polar surface area (TPSA) is 25.8 Å². The Labute approximate surface area is 136 Å². The standard InChI is InChI=1S/C21H16N2/c1-15-22-20-13-12-18(16-8-4-2-5-9-16)14-19(20)21(23-15)17-10-6-3-7-11-17/h2-14H,1H3/i14D. The van der Waals surface area contributed by atoms with Crippen LogP contribution >= 0.6 is 0 Å². The zero-order chi connectivity index (χ0) is 16.5. The summed E-state index contributed by atoms with van der Waals surface area (Å²) >= 11 is 0. The molecule has 0 radical (unpaired) electrons. The second-order valence-electron chi connectivity index (χ2n) is 5.48. The average Bonchev–Trinajstić information content (AvgIpc) is 2.63. The summed E-state index contributed by atoms with van der Waals surface area (Å²) in [7, 11) is 0. The molecule has 2 nitrogen and oxygen atoms in total. The van der Waals surface area contributed by atoms with Crippen molar-refractivity contribution in [2.75, 3.05) is 0 Å². The van der Waals surface area contributed by atoms with Gasteiger partial charge in [0.2, 0.25) is 0 Å². The van der Waals surface area contributed by atoms with Crippen LogP contribution in [0.3, 0.4) is 0 Å². The van der Waals surface area contributed by atoms with E-state index < -0.39 is 0 Å². The van der Waals surface area contributed by atoms with E-state index in [4.69, 9.17) is 1.37 Å². The monoisotopic (exact) mass is 297 g/mol. The second kappa shape index (κ2) is 5.65. The molecule has 1 heterocycles. The molecule has 0 bridgehead atoms. The lowest BCUT2D eigenvalue weighted by Crippen LogP contribution is -1.94. The van der Waals surface area contributed by atoms with Crippen LogP contribution in [0.4, 0.5) is 0 Å². The van der Waals surface area contributed by atoms with E-state index in [1.54, 1.807) is 0 Å². The van der Waals surface area contributed by atoms with Gasteiger partial charge in [0, 0.05) is 10.9 Å². The summed E-state index contributed by atoms with van der Waals surface area (Å²) in [5, 5.41) is 0.799. The molecular formula is C21H16N2. The summed E-state index contributed by atoms with van der Waals surface area (Å²) in [4.78, 5) is 9.16. The lowest BCUT2D eigenvalue weighted by Gasteiger charge is -2.09. The van der Waals surface area contributed by atoms with Gasteiger partial charge in [-0.15, -0.1) is 0 Å². The van der Waals surface area contributed by atoms with Gasteiger partial charge < -0.3 is 0 Å². The van der Waals surface area contributed by atoms with Gasteiger partial charge in [-0.2, -0.15) is 0 Å². The number of fused-ring (bicyclic) bond motifs is 1. The van der Waals surface area contributed by atoms with Crippen LogP contribution in [-0.4, -0.2) is 9.97 Å². The van der Waals surface area contributed by atoms with Crippen LogP contribution in [0.1, 0.15) is 7.20 Å². The van der Waals surface area contributed by atoms with Gasteiger partial charge in [0.05, 0.1) is 12.6 Å². The fourth-order valence-corrected chi connectivity index (χ4v) is 2.77. The zero-order valence-corrected chi connectivity index (χ0v) is 12.8. The quantitative estimate of drug-likeness (QED) is 0.503. The van der Waals surface area contributed by atoms with Gasteiger partial charge in [0.1, 0.15) is 5.82 Å². The smallest absolute Gasteiger partial charge is 0.126 e. The number of hydrogen-bond acceptors (Lipinski definition) is 2. The highest BCUT2D eigenvalue weighted by atomic mass is 14.9. The van der Waals surface area contributed by atoms with E-state index in [2.05, 4.69) is 9.97 Å².